The highest BCUT2D eigenvalue weighted by molar-refractivity contribution is 6.33. The third-order valence-electron chi connectivity index (χ3n) is 4.29. The van der Waals surface area contributed by atoms with Gasteiger partial charge >= 0.3 is 0 Å². The van der Waals surface area contributed by atoms with Crippen molar-refractivity contribution in [3.05, 3.63) is 82.8 Å². The second-order valence-electron chi connectivity index (χ2n) is 6.08. The van der Waals surface area contributed by atoms with E-state index in [-0.39, 0.29) is 10.6 Å². The Bertz CT molecular complexity index is 1190. The zero-order valence-corrected chi connectivity index (χ0v) is 15.1. The number of pyridine rings is 1. The van der Waals surface area contributed by atoms with E-state index in [0.717, 1.165) is 5.69 Å². The van der Waals surface area contributed by atoms with Gasteiger partial charge in [-0.25, -0.2) is 9.37 Å². The van der Waals surface area contributed by atoms with E-state index >= 15 is 0 Å². The van der Waals surface area contributed by atoms with Crippen LogP contribution in [0.3, 0.4) is 0 Å². The van der Waals surface area contributed by atoms with Gasteiger partial charge in [-0.05, 0) is 49.4 Å². The number of rotatable bonds is 3. The van der Waals surface area contributed by atoms with Crippen molar-refractivity contribution >= 4 is 28.8 Å². The normalized spacial score (nSPS) is 10.7. The van der Waals surface area contributed by atoms with Gasteiger partial charge in [0.2, 0.25) is 0 Å². The van der Waals surface area contributed by atoms with Crippen molar-refractivity contribution in [3.8, 4) is 17.3 Å². The molecule has 1 N–H and O–H groups in total. The van der Waals surface area contributed by atoms with Crippen LogP contribution in [-0.2, 0) is 0 Å². The molecule has 2 aromatic carbocycles. The molecule has 132 valence electrons. The summed E-state index contributed by atoms with van der Waals surface area (Å²) >= 11 is 6.29. The zero-order valence-electron chi connectivity index (χ0n) is 14.4. The highest BCUT2D eigenvalue weighted by Gasteiger charge is 2.21. The minimum atomic E-state index is -0.447. The average Bonchev–Trinajstić information content (AvgIpc) is 3.01. The van der Waals surface area contributed by atoms with E-state index in [2.05, 4.69) is 16.4 Å². The van der Waals surface area contributed by atoms with E-state index in [1.165, 1.54) is 6.07 Å². The fourth-order valence-electron chi connectivity index (χ4n) is 3.07. The van der Waals surface area contributed by atoms with Crippen LogP contribution in [0.2, 0.25) is 5.02 Å². The summed E-state index contributed by atoms with van der Waals surface area (Å²) in [6.45, 7) is 1.94. The Labute approximate surface area is 160 Å². The summed E-state index contributed by atoms with van der Waals surface area (Å²) in [5.74, 6) is 0.141. The van der Waals surface area contributed by atoms with Gasteiger partial charge in [0.1, 0.15) is 23.0 Å². The Morgan fingerprint density at radius 1 is 1.11 bits per heavy atom. The quantitative estimate of drug-likeness (QED) is 0.497. The predicted octanol–water partition coefficient (Wildman–Crippen LogP) is 5.72. The smallest absolute Gasteiger partial charge is 0.143 e. The van der Waals surface area contributed by atoms with Gasteiger partial charge in [0.05, 0.1) is 22.2 Å². The monoisotopic (exact) mass is 376 g/mol. The maximum atomic E-state index is 14.6. The number of hydrogen-bond donors (Lipinski definition) is 1. The molecule has 0 unspecified atom stereocenters. The molecule has 4 aromatic rings. The van der Waals surface area contributed by atoms with E-state index in [0.29, 0.717) is 28.4 Å². The highest BCUT2D eigenvalue weighted by Crippen LogP contribution is 2.37. The fourth-order valence-corrected chi connectivity index (χ4v) is 3.32. The van der Waals surface area contributed by atoms with E-state index in [1.54, 1.807) is 30.3 Å². The van der Waals surface area contributed by atoms with Crippen molar-refractivity contribution in [2.45, 2.75) is 6.92 Å². The summed E-state index contributed by atoms with van der Waals surface area (Å²) < 4.78 is 16.5. The lowest BCUT2D eigenvalue weighted by molar-refractivity contribution is 0.631. The summed E-state index contributed by atoms with van der Waals surface area (Å²) in [5.41, 5.74) is 3.47. The number of nitrogens with one attached hydrogen (secondary N) is 1. The molecule has 4 rings (SSSR count). The summed E-state index contributed by atoms with van der Waals surface area (Å²) in [7, 11) is 0. The molecule has 0 spiro atoms. The third-order valence-corrected chi connectivity index (χ3v) is 4.61. The fraction of sp³-hybridized carbons (Fsp3) is 0.0476. The maximum Gasteiger partial charge on any atom is 0.143 e. The number of nitriles is 1. The van der Waals surface area contributed by atoms with Gasteiger partial charge in [-0.15, -0.1) is 0 Å². The molecule has 27 heavy (non-hydrogen) atoms. The number of aryl methyl sites for hydroxylation is 1. The molecule has 0 saturated heterocycles. The van der Waals surface area contributed by atoms with Crippen molar-refractivity contribution in [1.29, 1.82) is 5.26 Å². The number of nitrogens with zero attached hydrogens (tertiary/aromatic N) is 3. The summed E-state index contributed by atoms with van der Waals surface area (Å²) in [5, 5.41) is 12.7. The second kappa shape index (κ2) is 6.75. The lowest BCUT2D eigenvalue weighted by Crippen LogP contribution is -2.00. The number of imidazole rings is 1. The highest BCUT2D eigenvalue weighted by atomic mass is 35.5. The number of benzene rings is 2. The molecule has 0 aliphatic carbocycles. The topological polar surface area (TPSA) is 53.1 Å². The van der Waals surface area contributed by atoms with Gasteiger partial charge in [-0.1, -0.05) is 29.8 Å². The number of fused-ring (bicyclic) bond motifs is 1. The second-order valence-corrected chi connectivity index (χ2v) is 6.49. The van der Waals surface area contributed by atoms with Crippen LogP contribution in [0.25, 0.3) is 16.9 Å². The molecule has 2 heterocycles. The van der Waals surface area contributed by atoms with Crippen molar-refractivity contribution in [2.75, 3.05) is 5.32 Å². The van der Waals surface area contributed by atoms with Gasteiger partial charge in [0.25, 0.3) is 0 Å². The van der Waals surface area contributed by atoms with Crippen LogP contribution in [0, 0.1) is 24.1 Å². The standard InChI is InChI=1S/C21H14ClFN4/c1-13-5-2-10-18-26-20(19-16(22)8-4-9-17(19)23)21(27(13)18)25-15-7-3-6-14(11-15)12-24/h2-11,25H,1H3. The lowest BCUT2D eigenvalue weighted by Gasteiger charge is -2.12. The van der Waals surface area contributed by atoms with Gasteiger partial charge in [0.15, 0.2) is 0 Å². The summed E-state index contributed by atoms with van der Waals surface area (Å²) in [6, 6.07) is 19.4. The van der Waals surface area contributed by atoms with Crippen LogP contribution in [0.4, 0.5) is 15.9 Å². The van der Waals surface area contributed by atoms with E-state index < -0.39 is 5.82 Å². The van der Waals surface area contributed by atoms with Gasteiger partial charge in [-0.2, -0.15) is 5.26 Å². The average molecular weight is 377 g/mol. The van der Waals surface area contributed by atoms with Crippen molar-refractivity contribution < 1.29 is 4.39 Å². The molecule has 0 amide bonds. The number of halogens is 2. The third kappa shape index (κ3) is 3.01. The van der Waals surface area contributed by atoms with Crippen molar-refractivity contribution in [2.24, 2.45) is 0 Å². The van der Waals surface area contributed by atoms with Crippen LogP contribution in [0.1, 0.15) is 11.3 Å². The minimum absolute atomic E-state index is 0.237. The predicted molar refractivity (Wildman–Crippen MR) is 105 cm³/mol. The first-order chi connectivity index (χ1) is 13.1. The Hall–Kier alpha value is -3.36. The molecule has 6 heteroatoms. The molecule has 0 saturated carbocycles. The SMILES string of the molecule is Cc1cccc2nc(-c3c(F)cccc3Cl)c(Nc3cccc(C#N)c3)n12. The minimum Gasteiger partial charge on any atom is -0.339 e. The molecular weight excluding hydrogens is 363 g/mol. The molecule has 0 aliphatic heterocycles. The first-order valence-corrected chi connectivity index (χ1v) is 8.66. The van der Waals surface area contributed by atoms with Gasteiger partial charge in [-0.3, -0.25) is 4.40 Å². The summed E-state index contributed by atoms with van der Waals surface area (Å²) in [4.78, 5) is 4.62. The van der Waals surface area contributed by atoms with Crippen LogP contribution in [0.15, 0.2) is 60.7 Å². The molecular formula is C21H14ClFN4. The zero-order chi connectivity index (χ0) is 19.0. The van der Waals surface area contributed by atoms with Crippen LogP contribution >= 0.6 is 11.6 Å². The van der Waals surface area contributed by atoms with Crippen LogP contribution in [-0.4, -0.2) is 9.38 Å². The molecule has 2 aromatic heterocycles. The lowest BCUT2D eigenvalue weighted by atomic mass is 10.1. The molecule has 0 aliphatic rings. The molecule has 0 bridgehead atoms. The largest absolute Gasteiger partial charge is 0.339 e. The Morgan fingerprint density at radius 3 is 2.67 bits per heavy atom. The number of hydrogen-bond acceptors (Lipinski definition) is 3. The molecule has 0 radical (unpaired) electrons. The Morgan fingerprint density at radius 2 is 1.89 bits per heavy atom. The van der Waals surface area contributed by atoms with Crippen LogP contribution < -0.4 is 5.32 Å². The van der Waals surface area contributed by atoms with Gasteiger partial charge in [0, 0.05) is 11.4 Å². The van der Waals surface area contributed by atoms with Crippen molar-refractivity contribution in [3.63, 3.8) is 0 Å². The maximum absolute atomic E-state index is 14.6. The molecule has 4 nitrogen and oxygen atoms in total. The summed E-state index contributed by atoms with van der Waals surface area (Å²) in [6.07, 6.45) is 0. The van der Waals surface area contributed by atoms with Crippen LogP contribution in [0.5, 0.6) is 0 Å². The Balaban J connectivity index is 1.99. The Kier molecular flexibility index (Phi) is 4.27. The number of anilines is 2. The van der Waals surface area contributed by atoms with E-state index in [4.69, 9.17) is 16.9 Å². The van der Waals surface area contributed by atoms with E-state index in [1.807, 2.05) is 35.6 Å². The number of aromatic nitrogens is 2. The first-order valence-electron chi connectivity index (χ1n) is 8.28. The first kappa shape index (κ1) is 17.1. The molecule has 0 atom stereocenters. The van der Waals surface area contributed by atoms with E-state index in [9.17, 15) is 4.39 Å². The molecule has 0 fully saturated rings. The van der Waals surface area contributed by atoms with Gasteiger partial charge < -0.3 is 5.32 Å². The van der Waals surface area contributed by atoms with Crippen molar-refractivity contribution in [1.82, 2.24) is 9.38 Å².